The Labute approximate surface area is 156 Å². The van der Waals surface area contributed by atoms with Gasteiger partial charge < -0.3 is 10.6 Å². The zero-order valence-corrected chi connectivity index (χ0v) is 14.9. The Morgan fingerprint density at radius 1 is 1.11 bits per heavy atom. The lowest BCUT2D eigenvalue weighted by molar-refractivity contribution is -0.135. The van der Waals surface area contributed by atoms with E-state index in [2.05, 4.69) is 10.6 Å². The van der Waals surface area contributed by atoms with Gasteiger partial charge in [-0.2, -0.15) is 0 Å². The molecule has 27 heavy (non-hydrogen) atoms. The number of imide groups is 1. The smallest absolute Gasteiger partial charge is 0.325 e. The van der Waals surface area contributed by atoms with Crippen LogP contribution in [0.2, 0.25) is 0 Å². The minimum atomic E-state index is -1.18. The summed E-state index contributed by atoms with van der Waals surface area (Å²) in [5, 5.41) is 5.26. The lowest BCUT2D eigenvalue weighted by atomic mass is 9.87. The molecule has 2 aromatic rings. The molecule has 2 N–H and O–H groups in total. The number of rotatable bonds is 6. The van der Waals surface area contributed by atoms with Crippen molar-refractivity contribution >= 4 is 17.8 Å². The summed E-state index contributed by atoms with van der Waals surface area (Å²) in [6, 6.07) is 14.4. The van der Waals surface area contributed by atoms with E-state index in [4.69, 9.17) is 0 Å². The highest BCUT2D eigenvalue weighted by atomic mass is 19.1. The molecule has 4 amide bonds. The van der Waals surface area contributed by atoms with Gasteiger partial charge in [0.1, 0.15) is 17.9 Å². The van der Waals surface area contributed by atoms with Crippen molar-refractivity contribution in [2.45, 2.75) is 25.4 Å². The molecular weight excluding hydrogens is 349 g/mol. The first-order chi connectivity index (χ1) is 13.0. The van der Waals surface area contributed by atoms with Crippen LogP contribution in [0.3, 0.4) is 0 Å². The molecule has 0 aliphatic carbocycles. The maximum absolute atomic E-state index is 13.6. The predicted molar refractivity (Wildman–Crippen MR) is 96.9 cm³/mol. The third-order valence-electron chi connectivity index (χ3n) is 4.71. The van der Waals surface area contributed by atoms with Crippen LogP contribution in [0.5, 0.6) is 0 Å². The molecular formula is C20H20FN3O3. The summed E-state index contributed by atoms with van der Waals surface area (Å²) in [6.45, 7) is 1.35. The SMILES string of the molecule is CCC1(c2ccccc2)NC(=O)N(CC(=O)NCc2ccccc2F)C1=O. The van der Waals surface area contributed by atoms with Crippen LogP contribution in [0.1, 0.15) is 24.5 Å². The van der Waals surface area contributed by atoms with E-state index < -0.39 is 35.7 Å². The average molecular weight is 369 g/mol. The lowest BCUT2D eigenvalue weighted by Gasteiger charge is -2.25. The van der Waals surface area contributed by atoms with Gasteiger partial charge in [-0.3, -0.25) is 14.5 Å². The highest BCUT2D eigenvalue weighted by Crippen LogP contribution is 2.32. The molecule has 1 fully saturated rings. The van der Waals surface area contributed by atoms with Crippen LogP contribution in [-0.4, -0.2) is 29.3 Å². The second-order valence-electron chi connectivity index (χ2n) is 6.31. The van der Waals surface area contributed by atoms with E-state index in [1.54, 1.807) is 49.4 Å². The quantitative estimate of drug-likeness (QED) is 0.767. The zero-order valence-electron chi connectivity index (χ0n) is 14.9. The van der Waals surface area contributed by atoms with Gasteiger partial charge in [-0.05, 0) is 18.1 Å². The Morgan fingerprint density at radius 2 is 1.78 bits per heavy atom. The highest BCUT2D eigenvalue weighted by Gasteiger charge is 2.51. The van der Waals surface area contributed by atoms with E-state index in [0.29, 0.717) is 17.5 Å². The van der Waals surface area contributed by atoms with Gasteiger partial charge in [-0.1, -0.05) is 55.5 Å². The number of hydrogen-bond acceptors (Lipinski definition) is 3. The molecule has 6 nitrogen and oxygen atoms in total. The molecule has 1 aliphatic rings. The van der Waals surface area contributed by atoms with E-state index in [1.165, 1.54) is 6.07 Å². The maximum atomic E-state index is 13.6. The standard InChI is InChI=1S/C20H20FN3O3/c1-2-20(15-9-4-3-5-10-15)18(26)24(19(27)23-20)13-17(25)22-12-14-8-6-7-11-16(14)21/h3-11H,2,12-13H2,1H3,(H,22,25)(H,23,27). The van der Waals surface area contributed by atoms with Gasteiger partial charge in [0.25, 0.3) is 5.91 Å². The van der Waals surface area contributed by atoms with Gasteiger partial charge in [-0.15, -0.1) is 0 Å². The van der Waals surface area contributed by atoms with Crippen LogP contribution in [0.25, 0.3) is 0 Å². The molecule has 2 aromatic carbocycles. The van der Waals surface area contributed by atoms with Crippen molar-refractivity contribution in [1.82, 2.24) is 15.5 Å². The molecule has 0 bridgehead atoms. The fourth-order valence-corrected chi connectivity index (χ4v) is 3.17. The van der Waals surface area contributed by atoms with Crippen LogP contribution in [0, 0.1) is 5.82 Å². The average Bonchev–Trinajstić information content (AvgIpc) is 2.93. The maximum Gasteiger partial charge on any atom is 0.325 e. The van der Waals surface area contributed by atoms with Gasteiger partial charge in [0.05, 0.1) is 0 Å². The number of carbonyl (C=O) groups excluding carboxylic acids is 3. The summed E-state index contributed by atoms with van der Waals surface area (Å²) in [6.07, 6.45) is 0.356. The van der Waals surface area contributed by atoms with Crippen molar-refractivity contribution in [1.29, 1.82) is 0 Å². The second kappa shape index (κ2) is 7.57. The summed E-state index contributed by atoms with van der Waals surface area (Å²) in [5.41, 5.74) is -0.181. The number of hydrogen-bond donors (Lipinski definition) is 2. The van der Waals surface area contributed by atoms with Gasteiger partial charge in [0.2, 0.25) is 5.91 Å². The number of nitrogens with zero attached hydrogens (tertiary/aromatic N) is 1. The third kappa shape index (κ3) is 3.53. The van der Waals surface area contributed by atoms with Crippen molar-refractivity contribution in [3.8, 4) is 0 Å². The molecule has 1 atom stereocenters. The molecule has 0 saturated carbocycles. The number of urea groups is 1. The minimum absolute atomic E-state index is 0.0211. The minimum Gasteiger partial charge on any atom is -0.350 e. The molecule has 0 radical (unpaired) electrons. The largest absolute Gasteiger partial charge is 0.350 e. The monoisotopic (exact) mass is 369 g/mol. The van der Waals surface area contributed by atoms with Crippen molar-refractivity contribution in [3.63, 3.8) is 0 Å². The number of benzene rings is 2. The zero-order chi connectivity index (χ0) is 19.4. The van der Waals surface area contributed by atoms with Crippen LogP contribution in [0.4, 0.5) is 9.18 Å². The molecule has 1 heterocycles. The topological polar surface area (TPSA) is 78.5 Å². The molecule has 7 heteroatoms. The molecule has 140 valence electrons. The highest BCUT2D eigenvalue weighted by molar-refractivity contribution is 6.09. The van der Waals surface area contributed by atoms with Crippen molar-refractivity contribution in [3.05, 3.63) is 71.5 Å². The van der Waals surface area contributed by atoms with Crippen molar-refractivity contribution < 1.29 is 18.8 Å². The normalized spacial score (nSPS) is 19.1. The number of carbonyl (C=O) groups is 3. The fourth-order valence-electron chi connectivity index (χ4n) is 3.17. The first kappa shape index (κ1) is 18.6. The fraction of sp³-hybridized carbons (Fsp3) is 0.250. The van der Waals surface area contributed by atoms with Gasteiger partial charge in [0, 0.05) is 12.1 Å². The second-order valence-corrected chi connectivity index (χ2v) is 6.31. The Hall–Kier alpha value is -3.22. The molecule has 0 spiro atoms. The van der Waals surface area contributed by atoms with Gasteiger partial charge in [0.15, 0.2) is 0 Å². The molecule has 1 aliphatic heterocycles. The van der Waals surface area contributed by atoms with Crippen molar-refractivity contribution in [2.75, 3.05) is 6.54 Å². The number of amides is 4. The van der Waals surface area contributed by atoms with E-state index in [9.17, 15) is 18.8 Å². The lowest BCUT2D eigenvalue weighted by Crippen LogP contribution is -2.44. The Morgan fingerprint density at radius 3 is 2.44 bits per heavy atom. The summed E-state index contributed by atoms with van der Waals surface area (Å²) in [4.78, 5) is 38.4. The van der Waals surface area contributed by atoms with E-state index >= 15 is 0 Å². The Kier molecular flexibility index (Phi) is 5.21. The van der Waals surface area contributed by atoms with E-state index in [0.717, 1.165) is 4.90 Å². The van der Waals surface area contributed by atoms with Crippen LogP contribution >= 0.6 is 0 Å². The first-order valence-electron chi connectivity index (χ1n) is 8.67. The Bertz CT molecular complexity index is 872. The van der Waals surface area contributed by atoms with Gasteiger partial charge >= 0.3 is 6.03 Å². The van der Waals surface area contributed by atoms with E-state index in [1.807, 2.05) is 6.07 Å². The molecule has 1 unspecified atom stereocenters. The number of nitrogens with one attached hydrogen (secondary N) is 2. The number of halogens is 1. The Balaban J connectivity index is 1.70. The summed E-state index contributed by atoms with van der Waals surface area (Å²) < 4.78 is 13.6. The predicted octanol–water partition coefficient (Wildman–Crippen LogP) is 2.30. The van der Waals surface area contributed by atoms with Gasteiger partial charge in [-0.25, -0.2) is 9.18 Å². The van der Waals surface area contributed by atoms with Crippen LogP contribution in [-0.2, 0) is 21.7 Å². The summed E-state index contributed by atoms with van der Waals surface area (Å²) in [5.74, 6) is -1.44. The molecule has 1 saturated heterocycles. The van der Waals surface area contributed by atoms with E-state index in [-0.39, 0.29) is 6.54 Å². The first-order valence-corrected chi connectivity index (χ1v) is 8.67. The van der Waals surface area contributed by atoms with Crippen LogP contribution in [0.15, 0.2) is 54.6 Å². The summed E-state index contributed by atoms with van der Waals surface area (Å²) >= 11 is 0. The summed E-state index contributed by atoms with van der Waals surface area (Å²) in [7, 11) is 0. The molecule has 3 rings (SSSR count). The third-order valence-corrected chi connectivity index (χ3v) is 4.71. The van der Waals surface area contributed by atoms with Crippen LogP contribution < -0.4 is 10.6 Å². The van der Waals surface area contributed by atoms with Crippen molar-refractivity contribution in [2.24, 2.45) is 0 Å². The molecule has 0 aromatic heterocycles.